The van der Waals surface area contributed by atoms with Gasteiger partial charge in [-0.3, -0.25) is 9.59 Å². The number of amides is 1. The van der Waals surface area contributed by atoms with Crippen LogP contribution in [-0.4, -0.2) is 52.1 Å². The summed E-state index contributed by atoms with van der Waals surface area (Å²) in [6.45, 7) is 5.31. The summed E-state index contributed by atoms with van der Waals surface area (Å²) < 4.78 is 7.93. The summed E-state index contributed by atoms with van der Waals surface area (Å²) in [6.07, 6.45) is 9.99. The molecule has 1 aliphatic heterocycles. The third-order valence-electron chi connectivity index (χ3n) is 7.79. The van der Waals surface area contributed by atoms with E-state index >= 15 is 0 Å². The normalized spacial score (nSPS) is 19.1. The highest BCUT2D eigenvalue weighted by molar-refractivity contribution is 7.98. The van der Waals surface area contributed by atoms with Crippen LogP contribution in [0.3, 0.4) is 0 Å². The summed E-state index contributed by atoms with van der Waals surface area (Å²) in [5, 5.41) is 0. The predicted molar refractivity (Wildman–Crippen MR) is 143 cm³/mol. The van der Waals surface area contributed by atoms with E-state index in [4.69, 9.17) is 4.74 Å². The number of unbranched alkanes of at least 4 members (excludes halogenated alkanes) is 1. The molecule has 0 bridgehead atoms. The van der Waals surface area contributed by atoms with E-state index in [9.17, 15) is 9.59 Å². The fraction of sp³-hybridized carbons (Fsp3) is 0.607. The number of rotatable bonds is 10. The molecule has 7 heteroatoms. The van der Waals surface area contributed by atoms with Crippen LogP contribution in [-0.2, 0) is 24.8 Å². The van der Waals surface area contributed by atoms with Gasteiger partial charge < -0.3 is 14.2 Å². The molecule has 2 aliphatic rings. The van der Waals surface area contributed by atoms with Crippen LogP contribution < -0.4 is 10.3 Å². The zero-order valence-electron chi connectivity index (χ0n) is 21.6. The molecule has 1 atom stereocenters. The highest BCUT2D eigenvalue weighted by atomic mass is 32.2. The minimum absolute atomic E-state index is 0.0551. The number of hydrogen-bond acceptors (Lipinski definition) is 5. The van der Waals surface area contributed by atoms with E-state index in [0.717, 1.165) is 43.7 Å². The summed E-state index contributed by atoms with van der Waals surface area (Å²) in [7, 11) is 1.84. The van der Waals surface area contributed by atoms with Crippen molar-refractivity contribution in [1.29, 1.82) is 0 Å². The van der Waals surface area contributed by atoms with Crippen molar-refractivity contribution in [3.05, 3.63) is 57.3 Å². The van der Waals surface area contributed by atoms with Crippen molar-refractivity contribution in [1.82, 2.24) is 14.5 Å². The van der Waals surface area contributed by atoms with Crippen LogP contribution in [0.1, 0.15) is 79.8 Å². The van der Waals surface area contributed by atoms with Crippen molar-refractivity contribution in [2.45, 2.75) is 83.2 Å². The summed E-state index contributed by atoms with van der Waals surface area (Å²) in [4.78, 5) is 33.2. The summed E-state index contributed by atoms with van der Waals surface area (Å²) >= 11 is 1.73. The molecule has 6 nitrogen and oxygen atoms in total. The van der Waals surface area contributed by atoms with Crippen LogP contribution in [0.25, 0.3) is 0 Å². The topological polar surface area (TPSA) is 64.4 Å². The lowest BCUT2D eigenvalue weighted by Crippen LogP contribution is -2.49. The van der Waals surface area contributed by atoms with Crippen LogP contribution in [0.2, 0.25) is 0 Å². The largest absolute Gasteiger partial charge is 0.486 e. The highest BCUT2D eigenvalue weighted by Gasteiger charge is 2.40. The minimum atomic E-state index is -0.414. The number of carbonyl (C=O) groups is 1. The lowest BCUT2D eigenvalue weighted by atomic mass is 9.75. The smallest absolute Gasteiger partial charge is 0.316 e. The van der Waals surface area contributed by atoms with Gasteiger partial charge in [0.05, 0.1) is 12.6 Å². The van der Waals surface area contributed by atoms with E-state index in [2.05, 4.69) is 49.4 Å². The van der Waals surface area contributed by atoms with Crippen molar-refractivity contribution in [2.75, 3.05) is 25.7 Å². The van der Waals surface area contributed by atoms with Crippen molar-refractivity contribution in [2.24, 2.45) is 0 Å². The molecule has 35 heavy (non-hydrogen) atoms. The Hall–Kier alpha value is -2.28. The first-order chi connectivity index (χ1) is 16.9. The van der Waals surface area contributed by atoms with Crippen LogP contribution in [0.4, 0.5) is 0 Å². The van der Waals surface area contributed by atoms with E-state index in [1.165, 1.54) is 24.0 Å². The lowest BCUT2D eigenvalue weighted by Gasteiger charge is -2.38. The quantitative estimate of drug-likeness (QED) is 0.439. The van der Waals surface area contributed by atoms with Gasteiger partial charge in [-0.05, 0) is 43.1 Å². The van der Waals surface area contributed by atoms with Crippen LogP contribution in [0.15, 0.2) is 29.1 Å². The number of aryl methyl sites for hydroxylation is 1. The Morgan fingerprint density at radius 1 is 1.20 bits per heavy atom. The fourth-order valence-electron chi connectivity index (χ4n) is 5.64. The maximum Gasteiger partial charge on any atom is 0.316 e. The van der Waals surface area contributed by atoms with Crippen molar-refractivity contribution in [3.63, 3.8) is 0 Å². The summed E-state index contributed by atoms with van der Waals surface area (Å²) in [5.41, 5.74) is 2.57. The van der Waals surface area contributed by atoms with E-state index in [1.807, 2.05) is 11.6 Å². The van der Waals surface area contributed by atoms with Crippen LogP contribution in [0, 0.1) is 0 Å². The molecule has 1 saturated carbocycles. The SMILES string of the molecule is CCCCOc1c2n(c(CC3(c4cccc(CC)c4)CCCC3)nc1=O)C[C@H](CSC)N(C)C2=O. The van der Waals surface area contributed by atoms with Crippen LogP contribution >= 0.6 is 11.8 Å². The van der Waals surface area contributed by atoms with Gasteiger partial charge in [0, 0.05) is 31.2 Å². The third-order valence-corrected chi connectivity index (χ3v) is 8.51. The summed E-state index contributed by atoms with van der Waals surface area (Å²) in [6, 6.07) is 8.96. The Balaban J connectivity index is 1.82. The van der Waals surface area contributed by atoms with E-state index in [0.29, 0.717) is 25.3 Å². The first-order valence-corrected chi connectivity index (χ1v) is 14.5. The molecule has 0 spiro atoms. The Bertz CT molecular complexity index is 1110. The number of benzene rings is 1. The van der Waals surface area contributed by atoms with E-state index in [1.54, 1.807) is 16.7 Å². The molecule has 1 aromatic carbocycles. The van der Waals surface area contributed by atoms with Crippen molar-refractivity contribution >= 4 is 17.7 Å². The number of hydrogen-bond donors (Lipinski definition) is 0. The molecule has 0 radical (unpaired) electrons. The second-order valence-corrected chi connectivity index (χ2v) is 11.0. The molecular weight excluding hydrogens is 458 g/mol. The molecule has 0 N–H and O–H groups in total. The number of likely N-dealkylation sites (N-methyl/N-ethyl adjacent to an activating group) is 1. The average Bonchev–Trinajstić information content (AvgIpc) is 3.34. The van der Waals surface area contributed by atoms with Gasteiger partial charge in [-0.1, -0.05) is 57.4 Å². The Labute approximate surface area is 213 Å². The van der Waals surface area contributed by atoms with Gasteiger partial charge in [0.15, 0.2) is 5.69 Å². The monoisotopic (exact) mass is 497 g/mol. The maximum atomic E-state index is 13.6. The number of nitrogens with zero attached hydrogens (tertiary/aromatic N) is 3. The number of thioether (sulfide) groups is 1. The highest BCUT2D eigenvalue weighted by Crippen LogP contribution is 2.44. The zero-order chi connectivity index (χ0) is 25.0. The number of aromatic nitrogens is 2. The number of ether oxygens (including phenoxy) is 1. The average molecular weight is 498 g/mol. The van der Waals surface area contributed by atoms with Gasteiger partial charge in [0.25, 0.3) is 5.91 Å². The maximum absolute atomic E-state index is 13.6. The molecule has 1 aromatic heterocycles. The minimum Gasteiger partial charge on any atom is -0.486 e. The Morgan fingerprint density at radius 2 is 1.97 bits per heavy atom. The third kappa shape index (κ3) is 5.16. The van der Waals surface area contributed by atoms with Gasteiger partial charge >= 0.3 is 5.56 Å². The Morgan fingerprint density at radius 3 is 2.66 bits per heavy atom. The molecule has 0 unspecified atom stereocenters. The number of fused-ring (bicyclic) bond motifs is 1. The van der Waals surface area contributed by atoms with Crippen molar-refractivity contribution < 1.29 is 9.53 Å². The standard InChI is InChI=1S/C28H39N3O3S/c1-5-7-15-34-25-24-27(33)30(3)22(19-35-4)18-31(24)23(29-26(25)32)17-28(13-8-9-14-28)21-12-10-11-20(6-2)16-21/h10-12,16,22H,5-9,13-15,17-19H2,1-4H3/t22-/m1/s1. The first-order valence-electron chi connectivity index (χ1n) is 13.1. The molecule has 2 heterocycles. The summed E-state index contributed by atoms with van der Waals surface area (Å²) in [5.74, 6) is 1.54. The van der Waals surface area contributed by atoms with Gasteiger partial charge in [-0.15, -0.1) is 0 Å². The molecule has 1 amide bonds. The molecule has 1 fully saturated rings. The second-order valence-electron chi connectivity index (χ2n) is 10.1. The van der Waals surface area contributed by atoms with Crippen molar-refractivity contribution in [3.8, 4) is 5.75 Å². The Kier molecular flexibility index (Phi) is 8.25. The first kappa shape index (κ1) is 25.8. The predicted octanol–water partition coefficient (Wildman–Crippen LogP) is 4.86. The van der Waals surface area contributed by atoms with Gasteiger partial charge in [0.2, 0.25) is 5.75 Å². The van der Waals surface area contributed by atoms with E-state index in [-0.39, 0.29) is 23.1 Å². The zero-order valence-corrected chi connectivity index (χ0v) is 22.5. The molecule has 190 valence electrons. The lowest BCUT2D eigenvalue weighted by molar-refractivity contribution is 0.0662. The molecular formula is C28H39N3O3S. The molecule has 0 saturated heterocycles. The fourth-order valence-corrected chi connectivity index (χ4v) is 6.35. The molecule has 1 aliphatic carbocycles. The van der Waals surface area contributed by atoms with Crippen LogP contribution in [0.5, 0.6) is 5.75 Å². The molecule has 4 rings (SSSR count). The van der Waals surface area contributed by atoms with E-state index < -0.39 is 5.56 Å². The van der Waals surface area contributed by atoms with Gasteiger partial charge in [0.1, 0.15) is 5.82 Å². The molecule has 2 aromatic rings. The van der Waals surface area contributed by atoms with Gasteiger partial charge in [-0.2, -0.15) is 16.7 Å². The number of carbonyl (C=O) groups excluding carboxylic acids is 1. The second kappa shape index (κ2) is 11.2. The van der Waals surface area contributed by atoms with Gasteiger partial charge in [-0.25, -0.2) is 0 Å².